The molecule has 1 aliphatic rings. The predicted octanol–water partition coefficient (Wildman–Crippen LogP) is 1.97. The maximum atomic E-state index is 12.8. The highest BCUT2D eigenvalue weighted by Crippen LogP contribution is 2.38. The Hall–Kier alpha value is -1.89. The molecule has 1 aliphatic heterocycles. The maximum absolute atomic E-state index is 12.8. The first-order valence-corrected chi connectivity index (χ1v) is 9.71. The molecule has 1 fully saturated rings. The van der Waals surface area contributed by atoms with Gasteiger partial charge in [0.15, 0.2) is 9.84 Å². The van der Waals surface area contributed by atoms with Gasteiger partial charge in [-0.15, -0.1) is 0 Å². The number of carboxylic acids is 1. The van der Waals surface area contributed by atoms with Crippen LogP contribution >= 0.6 is 0 Å². The molecule has 0 aromatic heterocycles. The number of rotatable bonds is 4. The van der Waals surface area contributed by atoms with Crippen molar-refractivity contribution in [3.05, 3.63) is 29.3 Å². The minimum Gasteiger partial charge on any atom is -0.481 e. The van der Waals surface area contributed by atoms with Crippen molar-refractivity contribution in [2.75, 3.05) is 19.3 Å². The number of carbonyl (C=O) groups excluding carboxylic acids is 1. The summed E-state index contributed by atoms with van der Waals surface area (Å²) in [6.07, 6.45) is 1.49. The molecular weight excluding hydrogens is 330 g/mol. The Morgan fingerprint density at radius 2 is 1.92 bits per heavy atom. The van der Waals surface area contributed by atoms with Crippen molar-refractivity contribution in [2.24, 2.45) is 11.3 Å². The number of nitrogens with zero attached hydrogens (tertiary/aromatic N) is 1. The van der Waals surface area contributed by atoms with Gasteiger partial charge in [-0.1, -0.05) is 19.9 Å². The number of hydrogen-bond acceptors (Lipinski definition) is 4. The average molecular weight is 353 g/mol. The second-order valence-corrected chi connectivity index (χ2v) is 8.86. The zero-order valence-electron chi connectivity index (χ0n) is 14.4. The summed E-state index contributed by atoms with van der Waals surface area (Å²) in [5.74, 6) is -1.31. The number of benzene rings is 1. The van der Waals surface area contributed by atoms with E-state index in [9.17, 15) is 23.1 Å². The Morgan fingerprint density at radius 3 is 2.38 bits per heavy atom. The van der Waals surface area contributed by atoms with Gasteiger partial charge in [0, 0.05) is 24.9 Å². The minimum atomic E-state index is -3.41. The molecule has 7 heteroatoms. The lowest BCUT2D eigenvalue weighted by atomic mass is 9.76. The minimum absolute atomic E-state index is 0.0870. The topological polar surface area (TPSA) is 91.8 Å². The van der Waals surface area contributed by atoms with Crippen LogP contribution in [0.2, 0.25) is 0 Å². The van der Waals surface area contributed by atoms with Gasteiger partial charge in [-0.3, -0.25) is 9.59 Å². The predicted molar refractivity (Wildman–Crippen MR) is 89.7 cm³/mol. The van der Waals surface area contributed by atoms with Crippen LogP contribution < -0.4 is 0 Å². The van der Waals surface area contributed by atoms with Gasteiger partial charge in [0.25, 0.3) is 5.91 Å². The number of amides is 1. The highest BCUT2D eigenvalue weighted by atomic mass is 32.2. The van der Waals surface area contributed by atoms with E-state index in [0.717, 1.165) is 6.26 Å². The summed E-state index contributed by atoms with van der Waals surface area (Å²) in [4.78, 5) is 26.1. The zero-order chi connectivity index (χ0) is 18.3. The molecular formula is C17H23NO5S. The highest BCUT2D eigenvalue weighted by Gasteiger charge is 2.48. The van der Waals surface area contributed by atoms with Crippen molar-refractivity contribution >= 4 is 21.7 Å². The Bertz CT molecular complexity index is 784. The Balaban J connectivity index is 2.36. The van der Waals surface area contributed by atoms with E-state index in [1.54, 1.807) is 13.0 Å². The number of likely N-dealkylation sites (tertiary alicyclic amines) is 1. The van der Waals surface area contributed by atoms with E-state index in [0.29, 0.717) is 24.1 Å². The van der Waals surface area contributed by atoms with Crippen molar-refractivity contribution in [2.45, 2.75) is 32.1 Å². The summed E-state index contributed by atoms with van der Waals surface area (Å²) in [5, 5.41) is 9.59. The van der Waals surface area contributed by atoms with Gasteiger partial charge in [-0.05, 0) is 37.0 Å². The third-order valence-electron chi connectivity index (χ3n) is 4.99. The third kappa shape index (κ3) is 3.17. The van der Waals surface area contributed by atoms with E-state index in [2.05, 4.69) is 0 Å². The summed E-state index contributed by atoms with van der Waals surface area (Å²) < 4.78 is 23.4. The first-order valence-electron chi connectivity index (χ1n) is 7.82. The molecule has 1 heterocycles. The van der Waals surface area contributed by atoms with Crippen molar-refractivity contribution < 1.29 is 23.1 Å². The van der Waals surface area contributed by atoms with E-state index < -0.39 is 21.2 Å². The second kappa shape index (κ2) is 6.20. The smallest absolute Gasteiger partial charge is 0.311 e. The largest absolute Gasteiger partial charge is 0.481 e. The number of carbonyl (C=O) groups is 2. The van der Waals surface area contributed by atoms with E-state index in [1.807, 2.05) is 13.8 Å². The first-order chi connectivity index (χ1) is 11.0. The van der Waals surface area contributed by atoms with Crippen molar-refractivity contribution in [1.82, 2.24) is 4.90 Å². The van der Waals surface area contributed by atoms with Crippen LogP contribution in [0.4, 0.5) is 0 Å². The fraction of sp³-hybridized carbons (Fsp3) is 0.529. The molecule has 0 spiro atoms. The average Bonchev–Trinajstić information content (AvgIpc) is 2.92. The Kier molecular flexibility index (Phi) is 4.77. The standard InChI is InChI=1S/C17H23NO5S/c1-11(2)17(16(20)21)7-8-18(10-17)15(19)14-9-13(24(4,22)23)6-5-12(14)3/h5-6,9,11H,7-8,10H2,1-4H3,(H,20,21). The van der Waals surface area contributed by atoms with Crippen LogP contribution in [0.3, 0.4) is 0 Å². The lowest BCUT2D eigenvalue weighted by Crippen LogP contribution is -2.40. The van der Waals surface area contributed by atoms with Crippen LogP contribution in [0.5, 0.6) is 0 Å². The molecule has 0 bridgehead atoms. The maximum Gasteiger partial charge on any atom is 0.311 e. The molecule has 6 nitrogen and oxygen atoms in total. The van der Waals surface area contributed by atoms with Crippen molar-refractivity contribution in [3.63, 3.8) is 0 Å². The second-order valence-electron chi connectivity index (χ2n) is 6.84. The van der Waals surface area contributed by atoms with Gasteiger partial charge in [0.1, 0.15) is 0 Å². The molecule has 132 valence electrons. The van der Waals surface area contributed by atoms with Crippen LogP contribution in [0.1, 0.15) is 36.2 Å². The van der Waals surface area contributed by atoms with Crippen LogP contribution in [-0.4, -0.2) is 49.6 Å². The van der Waals surface area contributed by atoms with Gasteiger partial charge >= 0.3 is 5.97 Å². The van der Waals surface area contributed by atoms with Crippen molar-refractivity contribution in [1.29, 1.82) is 0 Å². The van der Waals surface area contributed by atoms with E-state index in [-0.39, 0.29) is 23.3 Å². The number of aliphatic carboxylic acids is 1. The molecule has 0 aliphatic carbocycles. The molecule has 1 amide bonds. The Morgan fingerprint density at radius 1 is 1.29 bits per heavy atom. The summed E-state index contributed by atoms with van der Waals surface area (Å²) in [6.45, 7) is 5.92. The quantitative estimate of drug-likeness (QED) is 0.893. The van der Waals surface area contributed by atoms with Gasteiger partial charge in [-0.25, -0.2) is 8.42 Å². The van der Waals surface area contributed by atoms with E-state index in [4.69, 9.17) is 0 Å². The molecule has 0 saturated carbocycles. The molecule has 1 saturated heterocycles. The van der Waals surface area contributed by atoms with Crippen molar-refractivity contribution in [3.8, 4) is 0 Å². The molecule has 1 unspecified atom stereocenters. The molecule has 0 radical (unpaired) electrons. The van der Waals surface area contributed by atoms with Gasteiger partial charge in [-0.2, -0.15) is 0 Å². The fourth-order valence-electron chi connectivity index (χ4n) is 3.13. The van der Waals surface area contributed by atoms with E-state index in [1.165, 1.54) is 17.0 Å². The van der Waals surface area contributed by atoms with Gasteiger partial charge in [0.2, 0.25) is 0 Å². The van der Waals surface area contributed by atoms with E-state index >= 15 is 0 Å². The normalized spacial score (nSPS) is 21.3. The molecule has 1 aromatic carbocycles. The summed E-state index contributed by atoms with van der Waals surface area (Å²) in [5.41, 5.74) is 0.0329. The summed E-state index contributed by atoms with van der Waals surface area (Å²) in [6, 6.07) is 4.46. The molecule has 1 aromatic rings. The van der Waals surface area contributed by atoms with Crippen LogP contribution in [0.25, 0.3) is 0 Å². The number of hydrogen-bond donors (Lipinski definition) is 1. The molecule has 2 rings (SSSR count). The molecule has 1 atom stereocenters. The summed E-state index contributed by atoms with van der Waals surface area (Å²) in [7, 11) is -3.41. The Labute approximate surface area is 142 Å². The van der Waals surface area contributed by atoms with Gasteiger partial charge < -0.3 is 10.0 Å². The lowest BCUT2D eigenvalue weighted by molar-refractivity contribution is -0.150. The first kappa shape index (κ1) is 18.4. The van der Waals surface area contributed by atoms with Crippen LogP contribution in [0.15, 0.2) is 23.1 Å². The SMILES string of the molecule is Cc1ccc(S(C)(=O)=O)cc1C(=O)N1CCC(C(=O)O)(C(C)C)C1. The summed E-state index contributed by atoms with van der Waals surface area (Å²) >= 11 is 0. The zero-order valence-corrected chi connectivity index (χ0v) is 15.2. The van der Waals surface area contributed by atoms with Crippen LogP contribution in [0, 0.1) is 18.3 Å². The fourth-order valence-corrected chi connectivity index (χ4v) is 3.78. The highest BCUT2D eigenvalue weighted by molar-refractivity contribution is 7.90. The number of sulfone groups is 1. The molecule has 1 N–H and O–H groups in total. The molecule has 24 heavy (non-hydrogen) atoms. The van der Waals surface area contributed by atoms with Crippen LogP contribution in [-0.2, 0) is 14.6 Å². The number of carboxylic acid groups (broad SMARTS) is 1. The van der Waals surface area contributed by atoms with Gasteiger partial charge in [0.05, 0.1) is 10.3 Å². The number of aryl methyl sites for hydroxylation is 1. The third-order valence-corrected chi connectivity index (χ3v) is 6.10. The monoisotopic (exact) mass is 353 g/mol. The lowest BCUT2D eigenvalue weighted by Gasteiger charge is -2.28.